The Morgan fingerprint density at radius 2 is 1.96 bits per heavy atom. The first-order chi connectivity index (χ1) is 11.5. The molecule has 0 radical (unpaired) electrons. The Hall–Kier alpha value is -3.08. The average molecular weight is 320 g/mol. The lowest BCUT2D eigenvalue weighted by molar-refractivity contribution is -0.112. The van der Waals surface area contributed by atoms with Gasteiger partial charge in [-0.2, -0.15) is 0 Å². The van der Waals surface area contributed by atoms with E-state index in [1.165, 1.54) is 0 Å². The first kappa shape index (κ1) is 15.8. The topological polar surface area (TPSA) is 83.8 Å². The van der Waals surface area contributed by atoms with E-state index in [2.05, 4.69) is 29.1 Å². The number of hydrogen-bond donors (Lipinski definition) is 3. The number of primary amides is 1. The third-order valence-electron chi connectivity index (χ3n) is 3.66. The van der Waals surface area contributed by atoms with Crippen molar-refractivity contribution in [2.24, 2.45) is 5.73 Å². The van der Waals surface area contributed by atoms with Gasteiger partial charge in [0.15, 0.2) is 0 Å². The summed E-state index contributed by atoms with van der Waals surface area (Å²) in [6.07, 6.45) is 3.64. The zero-order valence-corrected chi connectivity index (χ0v) is 13.7. The average Bonchev–Trinajstić information content (AvgIpc) is 2.94. The van der Waals surface area contributed by atoms with Crippen LogP contribution in [-0.4, -0.2) is 21.9 Å². The SMILES string of the molecule is CC(C)Nc1ccc2c(/C=C(/C(N)=O)c3ccccc3)c[nH]c2n1. The number of fused-ring (bicyclic) bond motifs is 1. The fourth-order valence-corrected chi connectivity index (χ4v) is 2.59. The number of anilines is 1. The lowest BCUT2D eigenvalue weighted by Gasteiger charge is -2.08. The maximum absolute atomic E-state index is 11.9. The molecular formula is C19H20N4O. The van der Waals surface area contributed by atoms with Crippen LogP contribution in [0.3, 0.4) is 0 Å². The van der Waals surface area contributed by atoms with Crippen LogP contribution in [0.1, 0.15) is 25.0 Å². The third-order valence-corrected chi connectivity index (χ3v) is 3.66. The second-order valence-corrected chi connectivity index (χ2v) is 5.92. The van der Waals surface area contributed by atoms with Crippen LogP contribution >= 0.6 is 0 Å². The number of benzene rings is 1. The molecule has 1 amide bonds. The van der Waals surface area contributed by atoms with Gasteiger partial charge < -0.3 is 16.0 Å². The minimum absolute atomic E-state index is 0.309. The first-order valence-corrected chi connectivity index (χ1v) is 7.86. The van der Waals surface area contributed by atoms with E-state index in [-0.39, 0.29) is 0 Å². The summed E-state index contributed by atoms with van der Waals surface area (Å²) in [6, 6.07) is 13.6. The maximum atomic E-state index is 11.9. The number of nitrogens with zero attached hydrogens (tertiary/aromatic N) is 1. The molecule has 0 unspecified atom stereocenters. The van der Waals surface area contributed by atoms with Crippen LogP contribution in [0.2, 0.25) is 0 Å². The largest absolute Gasteiger partial charge is 0.368 e. The van der Waals surface area contributed by atoms with E-state index in [0.29, 0.717) is 11.6 Å². The molecule has 0 aliphatic heterocycles. The number of pyridine rings is 1. The molecule has 24 heavy (non-hydrogen) atoms. The summed E-state index contributed by atoms with van der Waals surface area (Å²) in [6.45, 7) is 4.13. The van der Waals surface area contributed by atoms with Gasteiger partial charge in [0, 0.05) is 28.8 Å². The molecular weight excluding hydrogens is 300 g/mol. The highest BCUT2D eigenvalue weighted by molar-refractivity contribution is 6.24. The summed E-state index contributed by atoms with van der Waals surface area (Å²) in [5, 5.41) is 4.21. The first-order valence-electron chi connectivity index (χ1n) is 7.86. The minimum atomic E-state index is -0.457. The van der Waals surface area contributed by atoms with E-state index in [0.717, 1.165) is 28.0 Å². The summed E-state index contributed by atoms with van der Waals surface area (Å²) in [5.41, 5.74) is 8.48. The van der Waals surface area contributed by atoms with Gasteiger partial charge in [0.2, 0.25) is 5.91 Å². The van der Waals surface area contributed by atoms with E-state index in [1.807, 2.05) is 48.7 Å². The zero-order chi connectivity index (χ0) is 17.1. The highest BCUT2D eigenvalue weighted by Gasteiger charge is 2.11. The Balaban J connectivity index is 2.03. The van der Waals surface area contributed by atoms with E-state index >= 15 is 0 Å². The molecule has 2 aromatic heterocycles. The van der Waals surface area contributed by atoms with Gasteiger partial charge in [-0.1, -0.05) is 30.3 Å². The quantitative estimate of drug-likeness (QED) is 0.630. The van der Waals surface area contributed by atoms with Gasteiger partial charge in [-0.3, -0.25) is 4.79 Å². The Morgan fingerprint density at radius 3 is 2.62 bits per heavy atom. The van der Waals surface area contributed by atoms with Crippen LogP contribution < -0.4 is 11.1 Å². The molecule has 0 bridgehead atoms. The molecule has 3 rings (SSSR count). The van der Waals surface area contributed by atoms with Crippen molar-refractivity contribution < 1.29 is 4.79 Å². The normalized spacial score (nSPS) is 11.9. The Bertz CT molecular complexity index is 894. The predicted octanol–water partition coefficient (Wildman–Crippen LogP) is 3.41. The molecule has 0 aliphatic carbocycles. The molecule has 5 nitrogen and oxygen atoms in total. The van der Waals surface area contributed by atoms with Crippen molar-refractivity contribution >= 4 is 34.4 Å². The van der Waals surface area contributed by atoms with Crippen molar-refractivity contribution in [3.05, 3.63) is 59.8 Å². The van der Waals surface area contributed by atoms with E-state index in [4.69, 9.17) is 5.73 Å². The van der Waals surface area contributed by atoms with Crippen molar-refractivity contribution in [1.82, 2.24) is 9.97 Å². The van der Waals surface area contributed by atoms with Crippen LogP contribution in [0.15, 0.2) is 48.7 Å². The van der Waals surface area contributed by atoms with Crippen LogP contribution in [0.5, 0.6) is 0 Å². The minimum Gasteiger partial charge on any atom is -0.368 e. The molecule has 0 saturated heterocycles. The monoisotopic (exact) mass is 320 g/mol. The molecule has 4 N–H and O–H groups in total. The van der Waals surface area contributed by atoms with Crippen molar-refractivity contribution in [2.45, 2.75) is 19.9 Å². The molecule has 0 saturated carbocycles. The molecule has 0 atom stereocenters. The van der Waals surface area contributed by atoms with Crippen LogP contribution in [0.4, 0.5) is 5.82 Å². The Kier molecular flexibility index (Phi) is 4.33. The van der Waals surface area contributed by atoms with Gasteiger partial charge in [0.25, 0.3) is 0 Å². The van der Waals surface area contributed by atoms with Gasteiger partial charge in [-0.25, -0.2) is 4.98 Å². The number of amides is 1. The predicted molar refractivity (Wildman–Crippen MR) is 98.4 cm³/mol. The number of carbonyl (C=O) groups is 1. The number of nitrogens with one attached hydrogen (secondary N) is 2. The smallest absolute Gasteiger partial charge is 0.249 e. The van der Waals surface area contributed by atoms with Crippen molar-refractivity contribution in [3.63, 3.8) is 0 Å². The Labute approximate surface area is 140 Å². The summed E-state index contributed by atoms with van der Waals surface area (Å²) >= 11 is 0. The van der Waals surface area contributed by atoms with Crippen molar-refractivity contribution in [3.8, 4) is 0 Å². The second-order valence-electron chi connectivity index (χ2n) is 5.92. The molecule has 3 aromatic rings. The number of carbonyl (C=O) groups excluding carboxylic acids is 1. The fraction of sp³-hybridized carbons (Fsp3) is 0.158. The molecule has 2 heterocycles. The number of aromatic amines is 1. The number of nitrogens with two attached hydrogens (primary N) is 1. The van der Waals surface area contributed by atoms with Gasteiger partial charge in [-0.15, -0.1) is 0 Å². The molecule has 5 heteroatoms. The van der Waals surface area contributed by atoms with Crippen molar-refractivity contribution in [1.29, 1.82) is 0 Å². The van der Waals surface area contributed by atoms with Crippen molar-refractivity contribution in [2.75, 3.05) is 5.32 Å². The number of aromatic nitrogens is 2. The molecule has 0 fully saturated rings. The maximum Gasteiger partial charge on any atom is 0.249 e. The van der Waals surface area contributed by atoms with Gasteiger partial charge >= 0.3 is 0 Å². The van der Waals surface area contributed by atoms with Crippen LogP contribution in [0.25, 0.3) is 22.7 Å². The Morgan fingerprint density at radius 1 is 1.21 bits per heavy atom. The summed E-state index contributed by atoms with van der Waals surface area (Å²) in [4.78, 5) is 19.6. The van der Waals surface area contributed by atoms with Crippen LogP contribution in [0, 0.1) is 0 Å². The number of hydrogen-bond acceptors (Lipinski definition) is 3. The van der Waals surface area contributed by atoms with Gasteiger partial charge in [0.05, 0.1) is 0 Å². The highest BCUT2D eigenvalue weighted by Crippen LogP contribution is 2.24. The lowest BCUT2D eigenvalue weighted by Crippen LogP contribution is -2.12. The fourth-order valence-electron chi connectivity index (χ4n) is 2.59. The van der Waals surface area contributed by atoms with E-state index in [1.54, 1.807) is 6.08 Å². The highest BCUT2D eigenvalue weighted by atomic mass is 16.1. The van der Waals surface area contributed by atoms with Crippen LogP contribution in [-0.2, 0) is 4.79 Å². The standard InChI is InChI=1S/C19H20N4O/c1-12(2)22-17-9-8-15-14(11-21-19(15)23-17)10-16(18(20)24)13-6-4-3-5-7-13/h3-12H,1-2H3,(H2,20,24)(H2,21,22,23)/b16-10+. The zero-order valence-electron chi connectivity index (χ0n) is 13.7. The molecule has 122 valence electrons. The lowest BCUT2D eigenvalue weighted by atomic mass is 10.0. The number of rotatable bonds is 5. The second kappa shape index (κ2) is 6.58. The summed E-state index contributed by atoms with van der Waals surface area (Å²) in [5.74, 6) is 0.356. The summed E-state index contributed by atoms with van der Waals surface area (Å²) in [7, 11) is 0. The van der Waals surface area contributed by atoms with Gasteiger partial charge in [0.1, 0.15) is 11.5 Å². The molecule has 0 spiro atoms. The molecule has 1 aromatic carbocycles. The third kappa shape index (κ3) is 3.30. The number of H-pyrrole nitrogens is 1. The van der Waals surface area contributed by atoms with Gasteiger partial charge in [-0.05, 0) is 37.6 Å². The van der Waals surface area contributed by atoms with E-state index in [9.17, 15) is 4.79 Å². The molecule has 0 aliphatic rings. The van der Waals surface area contributed by atoms with E-state index < -0.39 is 5.91 Å². The summed E-state index contributed by atoms with van der Waals surface area (Å²) < 4.78 is 0.